The molecule has 2 N–H and O–H groups in total. The molecule has 2 nitrogen and oxygen atoms in total. The Kier molecular flexibility index (Phi) is 2.49. The van der Waals surface area contributed by atoms with Crippen LogP contribution < -0.4 is 5.32 Å². The van der Waals surface area contributed by atoms with Gasteiger partial charge in [0, 0.05) is 12.6 Å². The summed E-state index contributed by atoms with van der Waals surface area (Å²) in [6.45, 7) is 0.717. The van der Waals surface area contributed by atoms with Crippen LogP contribution in [0.4, 0.5) is 0 Å². The molecule has 2 aliphatic carbocycles. The fourth-order valence-corrected chi connectivity index (χ4v) is 2.68. The van der Waals surface area contributed by atoms with E-state index in [1.54, 1.807) is 0 Å². The first-order valence-electron chi connectivity index (χ1n) is 6.32. The summed E-state index contributed by atoms with van der Waals surface area (Å²) in [5, 5.41) is 14.2. The van der Waals surface area contributed by atoms with Crippen molar-refractivity contribution in [3.05, 3.63) is 35.4 Å². The fraction of sp³-hybridized carbons (Fsp3) is 0.571. The lowest BCUT2D eigenvalue weighted by molar-refractivity contribution is 0.0189. The van der Waals surface area contributed by atoms with Crippen LogP contribution in [0, 0.1) is 0 Å². The molecule has 3 rings (SSSR count). The Labute approximate surface area is 96.7 Å². The summed E-state index contributed by atoms with van der Waals surface area (Å²) in [4.78, 5) is 0. The molecular formula is C14H19NO. The van der Waals surface area contributed by atoms with Crippen molar-refractivity contribution in [3.8, 4) is 0 Å². The molecule has 0 spiro atoms. The molecule has 86 valence electrons. The Balaban J connectivity index is 1.83. The van der Waals surface area contributed by atoms with E-state index in [1.165, 1.54) is 18.4 Å². The van der Waals surface area contributed by atoms with Crippen LogP contribution in [0.15, 0.2) is 24.3 Å². The normalized spacial score (nSPS) is 28.8. The first-order valence-corrected chi connectivity index (χ1v) is 6.32. The molecule has 1 aromatic carbocycles. The van der Waals surface area contributed by atoms with Gasteiger partial charge in [0.2, 0.25) is 0 Å². The lowest BCUT2D eigenvalue weighted by atomic mass is 9.79. The quantitative estimate of drug-likeness (QED) is 0.811. The summed E-state index contributed by atoms with van der Waals surface area (Å²) in [6, 6.07) is 9.00. The fourth-order valence-electron chi connectivity index (χ4n) is 2.68. The third kappa shape index (κ3) is 1.87. The van der Waals surface area contributed by atoms with E-state index in [0.717, 1.165) is 24.8 Å². The van der Waals surface area contributed by atoms with Crippen LogP contribution in [0.3, 0.4) is 0 Å². The Bertz CT molecular complexity index is 386. The number of hydrogen-bond donors (Lipinski definition) is 2. The van der Waals surface area contributed by atoms with Crippen LogP contribution in [0.2, 0.25) is 0 Å². The summed E-state index contributed by atoms with van der Waals surface area (Å²) in [7, 11) is 0. The zero-order valence-electron chi connectivity index (χ0n) is 9.58. The van der Waals surface area contributed by atoms with E-state index in [-0.39, 0.29) is 0 Å². The molecule has 0 amide bonds. The number of hydrogen-bond acceptors (Lipinski definition) is 2. The number of rotatable bonds is 3. The molecule has 16 heavy (non-hydrogen) atoms. The van der Waals surface area contributed by atoms with Gasteiger partial charge in [0.1, 0.15) is 5.60 Å². The van der Waals surface area contributed by atoms with Crippen LogP contribution in [0.5, 0.6) is 0 Å². The molecule has 1 atom stereocenters. The minimum absolute atomic E-state index is 0.628. The molecule has 1 aromatic rings. The summed E-state index contributed by atoms with van der Waals surface area (Å²) >= 11 is 0. The van der Waals surface area contributed by atoms with Gasteiger partial charge in [-0.05, 0) is 43.2 Å². The summed E-state index contributed by atoms with van der Waals surface area (Å²) < 4.78 is 0. The monoisotopic (exact) mass is 217 g/mol. The summed E-state index contributed by atoms with van der Waals surface area (Å²) in [5.41, 5.74) is 1.85. The Morgan fingerprint density at radius 3 is 2.94 bits per heavy atom. The van der Waals surface area contributed by atoms with E-state index in [2.05, 4.69) is 23.5 Å². The van der Waals surface area contributed by atoms with E-state index in [0.29, 0.717) is 12.6 Å². The molecule has 2 aliphatic rings. The zero-order valence-corrected chi connectivity index (χ0v) is 9.58. The number of benzene rings is 1. The molecule has 1 fully saturated rings. The molecule has 0 aliphatic heterocycles. The number of nitrogens with one attached hydrogen (secondary N) is 1. The summed E-state index contributed by atoms with van der Waals surface area (Å²) in [6.07, 6.45) is 5.65. The topological polar surface area (TPSA) is 32.3 Å². The van der Waals surface area contributed by atoms with Gasteiger partial charge in [0.05, 0.1) is 0 Å². The van der Waals surface area contributed by atoms with Crippen LogP contribution >= 0.6 is 0 Å². The average Bonchev–Trinajstić information content (AvgIpc) is 3.11. The highest BCUT2D eigenvalue weighted by Crippen LogP contribution is 2.35. The number of fused-ring (bicyclic) bond motifs is 1. The van der Waals surface area contributed by atoms with Crippen molar-refractivity contribution < 1.29 is 5.11 Å². The largest absolute Gasteiger partial charge is 0.384 e. The highest BCUT2D eigenvalue weighted by atomic mass is 16.3. The molecule has 0 aromatic heterocycles. The van der Waals surface area contributed by atoms with E-state index >= 15 is 0 Å². The number of aliphatic hydroxyl groups is 1. The maximum atomic E-state index is 10.7. The summed E-state index contributed by atoms with van der Waals surface area (Å²) in [5.74, 6) is 0. The van der Waals surface area contributed by atoms with Gasteiger partial charge < -0.3 is 10.4 Å². The molecular weight excluding hydrogens is 198 g/mol. The molecule has 0 saturated heterocycles. The van der Waals surface area contributed by atoms with E-state index in [9.17, 15) is 5.11 Å². The second-order valence-corrected chi connectivity index (χ2v) is 5.20. The van der Waals surface area contributed by atoms with Gasteiger partial charge in [-0.3, -0.25) is 0 Å². The van der Waals surface area contributed by atoms with Crippen LogP contribution in [-0.4, -0.2) is 17.7 Å². The molecule has 1 unspecified atom stereocenters. The highest BCUT2D eigenvalue weighted by molar-refractivity contribution is 5.35. The lowest BCUT2D eigenvalue weighted by Gasteiger charge is -2.34. The van der Waals surface area contributed by atoms with Gasteiger partial charge in [0.25, 0.3) is 0 Å². The van der Waals surface area contributed by atoms with Crippen molar-refractivity contribution >= 4 is 0 Å². The molecule has 0 heterocycles. The van der Waals surface area contributed by atoms with E-state index in [4.69, 9.17) is 0 Å². The van der Waals surface area contributed by atoms with Crippen LogP contribution in [-0.2, 0) is 12.0 Å². The second kappa shape index (κ2) is 3.86. The maximum absolute atomic E-state index is 10.7. The molecule has 0 bridgehead atoms. The Hall–Kier alpha value is -0.860. The van der Waals surface area contributed by atoms with Crippen molar-refractivity contribution in [1.29, 1.82) is 0 Å². The predicted octanol–water partition coefficient (Wildman–Crippen LogP) is 1.96. The van der Waals surface area contributed by atoms with E-state index < -0.39 is 5.60 Å². The molecule has 2 heteroatoms. The van der Waals surface area contributed by atoms with Gasteiger partial charge in [0.15, 0.2) is 0 Å². The standard InChI is InChI=1S/C14H19NO/c16-14(10-15-12-7-8-12)9-3-5-11-4-1-2-6-13(11)14/h1-2,4,6,12,15-16H,3,5,7-10H2. The van der Waals surface area contributed by atoms with Crippen LogP contribution in [0.25, 0.3) is 0 Å². The predicted molar refractivity (Wildman–Crippen MR) is 64.3 cm³/mol. The smallest absolute Gasteiger partial charge is 0.102 e. The first-order chi connectivity index (χ1) is 7.78. The van der Waals surface area contributed by atoms with Gasteiger partial charge >= 0.3 is 0 Å². The third-order valence-corrected chi connectivity index (χ3v) is 3.82. The lowest BCUT2D eigenvalue weighted by Crippen LogP contribution is -2.41. The highest BCUT2D eigenvalue weighted by Gasteiger charge is 2.35. The Morgan fingerprint density at radius 2 is 2.12 bits per heavy atom. The minimum atomic E-state index is -0.628. The SMILES string of the molecule is OC1(CNC2CC2)CCCc2ccccc21. The van der Waals surface area contributed by atoms with Gasteiger partial charge in [-0.1, -0.05) is 24.3 Å². The number of aryl methyl sites for hydroxylation is 1. The van der Waals surface area contributed by atoms with E-state index in [1.807, 2.05) is 6.07 Å². The van der Waals surface area contributed by atoms with Gasteiger partial charge in [-0.25, -0.2) is 0 Å². The zero-order chi connectivity index (χ0) is 11.0. The Morgan fingerprint density at radius 1 is 1.31 bits per heavy atom. The maximum Gasteiger partial charge on any atom is 0.102 e. The second-order valence-electron chi connectivity index (χ2n) is 5.20. The average molecular weight is 217 g/mol. The van der Waals surface area contributed by atoms with Gasteiger partial charge in [-0.15, -0.1) is 0 Å². The van der Waals surface area contributed by atoms with Crippen LogP contribution in [0.1, 0.15) is 36.8 Å². The third-order valence-electron chi connectivity index (χ3n) is 3.82. The van der Waals surface area contributed by atoms with Crippen molar-refractivity contribution in [1.82, 2.24) is 5.32 Å². The van der Waals surface area contributed by atoms with Gasteiger partial charge in [-0.2, -0.15) is 0 Å². The van der Waals surface area contributed by atoms with Crippen molar-refractivity contribution in [2.24, 2.45) is 0 Å². The molecule has 0 radical (unpaired) electrons. The van der Waals surface area contributed by atoms with Crippen molar-refractivity contribution in [2.45, 2.75) is 43.7 Å². The van der Waals surface area contributed by atoms with Crippen molar-refractivity contribution in [2.75, 3.05) is 6.54 Å². The van der Waals surface area contributed by atoms with Crippen molar-refractivity contribution in [3.63, 3.8) is 0 Å². The minimum Gasteiger partial charge on any atom is -0.384 e. The molecule has 1 saturated carbocycles. The first kappa shape index (κ1) is 10.3.